The highest BCUT2D eigenvalue weighted by atomic mass is 79.9. The molecule has 1 unspecified atom stereocenters. The van der Waals surface area contributed by atoms with Crippen LogP contribution >= 0.6 is 27.5 Å². The Hall–Kier alpha value is -0.210. The van der Waals surface area contributed by atoms with E-state index < -0.39 is 0 Å². The zero-order valence-electron chi connectivity index (χ0n) is 8.98. The van der Waals surface area contributed by atoms with E-state index in [4.69, 9.17) is 11.6 Å². The maximum absolute atomic E-state index is 6.04. The van der Waals surface area contributed by atoms with Crippen LogP contribution in [0.3, 0.4) is 0 Å². The van der Waals surface area contributed by atoms with Crippen molar-refractivity contribution in [3.63, 3.8) is 0 Å². The largest absolute Gasteiger partial charge is 0.381 e. The monoisotopic (exact) mass is 287 g/mol. The minimum atomic E-state index is 0.474. The van der Waals surface area contributed by atoms with E-state index in [0.717, 1.165) is 15.2 Å². The van der Waals surface area contributed by atoms with Crippen LogP contribution in [0.5, 0.6) is 0 Å². The molecule has 0 bridgehead atoms. The molecular formula is C12H15BrClN. The van der Waals surface area contributed by atoms with Gasteiger partial charge in [0.2, 0.25) is 0 Å². The van der Waals surface area contributed by atoms with Crippen LogP contribution in [0.4, 0.5) is 5.69 Å². The highest BCUT2D eigenvalue weighted by Gasteiger charge is 2.42. The lowest BCUT2D eigenvalue weighted by atomic mass is 10.0. The van der Waals surface area contributed by atoms with Gasteiger partial charge in [-0.15, -0.1) is 0 Å². The van der Waals surface area contributed by atoms with Gasteiger partial charge in [-0.3, -0.25) is 0 Å². The fraction of sp³-hybridized carbons (Fsp3) is 0.500. The summed E-state index contributed by atoms with van der Waals surface area (Å²) in [6.45, 7) is 4.56. The molecule has 1 aromatic carbocycles. The van der Waals surface area contributed by atoms with Crippen molar-refractivity contribution in [2.45, 2.75) is 32.7 Å². The van der Waals surface area contributed by atoms with Crippen molar-refractivity contribution in [3.8, 4) is 0 Å². The molecule has 0 spiro atoms. The summed E-state index contributed by atoms with van der Waals surface area (Å²) in [4.78, 5) is 0. The molecule has 0 saturated heterocycles. The molecule has 0 amide bonds. The van der Waals surface area contributed by atoms with Crippen LogP contribution in [0.2, 0.25) is 5.02 Å². The molecule has 1 aliphatic carbocycles. The molecule has 1 aromatic rings. The SMILES string of the molecule is CC(Nc1cccc(Cl)c1Br)C1(C)CC1. The lowest BCUT2D eigenvalue weighted by Crippen LogP contribution is -2.25. The van der Waals surface area contributed by atoms with Crippen molar-refractivity contribution >= 4 is 33.2 Å². The molecule has 15 heavy (non-hydrogen) atoms. The summed E-state index contributed by atoms with van der Waals surface area (Å²) in [5.74, 6) is 0. The standard InChI is InChI=1S/C12H15BrClN/c1-8(12(2)6-7-12)15-10-5-3-4-9(14)11(10)13/h3-5,8,15H,6-7H2,1-2H3. The van der Waals surface area contributed by atoms with Gasteiger partial charge >= 0.3 is 0 Å². The molecule has 1 fully saturated rings. The Morgan fingerprint density at radius 1 is 1.47 bits per heavy atom. The highest BCUT2D eigenvalue weighted by molar-refractivity contribution is 9.10. The average Bonchev–Trinajstić information content (AvgIpc) is 2.93. The molecule has 1 aliphatic rings. The Morgan fingerprint density at radius 2 is 2.13 bits per heavy atom. The Bertz CT molecular complexity index is 374. The third-order valence-corrected chi connectivity index (χ3v) is 4.81. The van der Waals surface area contributed by atoms with Gasteiger partial charge in [-0.05, 0) is 53.2 Å². The summed E-state index contributed by atoms with van der Waals surface area (Å²) in [5, 5.41) is 4.28. The molecule has 2 rings (SSSR count). The normalized spacial score (nSPS) is 19.7. The summed E-state index contributed by atoms with van der Waals surface area (Å²) in [6.07, 6.45) is 2.64. The molecule has 0 aromatic heterocycles. The molecule has 1 atom stereocenters. The molecule has 82 valence electrons. The van der Waals surface area contributed by atoms with Gasteiger partial charge in [-0.1, -0.05) is 24.6 Å². The number of benzene rings is 1. The van der Waals surface area contributed by atoms with Crippen molar-refractivity contribution in [2.75, 3.05) is 5.32 Å². The third kappa shape index (κ3) is 2.31. The Balaban J connectivity index is 2.14. The van der Waals surface area contributed by atoms with E-state index in [1.165, 1.54) is 12.8 Å². The second kappa shape index (κ2) is 3.99. The topological polar surface area (TPSA) is 12.0 Å². The number of nitrogens with one attached hydrogen (secondary N) is 1. The lowest BCUT2D eigenvalue weighted by Gasteiger charge is -2.22. The summed E-state index contributed by atoms with van der Waals surface area (Å²) < 4.78 is 0.961. The van der Waals surface area contributed by atoms with E-state index in [1.54, 1.807) is 0 Å². The van der Waals surface area contributed by atoms with Crippen LogP contribution in [0.25, 0.3) is 0 Å². The zero-order chi connectivity index (χ0) is 11.1. The van der Waals surface area contributed by atoms with Crippen LogP contribution in [-0.2, 0) is 0 Å². The third-order valence-electron chi connectivity index (χ3n) is 3.41. The fourth-order valence-electron chi connectivity index (χ4n) is 1.65. The van der Waals surface area contributed by atoms with Gasteiger partial charge in [0.1, 0.15) is 0 Å². The first kappa shape index (κ1) is 11.3. The Morgan fingerprint density at radius 3 is 2.73 bits per heavy atom. The summed E-state index contributed by atoms with van der Waals surface area (Å²) in [7, 11) is 0. The average molecular weight is 289 g/mol. The van der Waals surface area contributed by atoms with Gasteiger partial charge < -0.3 is 5.32 Å². The van der Waals surface area contributed by atoms with Crippen LogP contribution in [0.15, 0.2) is 22.7 Å². The minimum Gasteiger partial charge on any atom is -0.381 e. The second-order valence-electron chi connectivity index (χ2n) is 4.62. The maximum atomic E-state index is 6.04. The number of hydrogen-bond acceptors (Lipinski definition) is 1. The van der Waals surface area contributed by atoms with Gasteiger partial charge in [0.15, 0.2) is 0 Å². The van der Waals surface area contributed by atoms with E-state index >= 15 is 0 Å². The molecule has 1 saturated carbocycles. The van der Waals surface area contributed by atoms with Crippen molar-refractivity contribution in [2.24, 2.45) is 5.41 Å². The number of anilines is 1. The van der Waals surface area contributed by atoms with Crippen LogP contribution in [0.1, 0.15) is 26.7 Å². The number of rotatable bonds is 3. The van der Waals surface area contributed by atoms with Crippen molar-refractivity contribution in [1.82, 2.24) is 0 Å². The molecule has 0 radical (unpaired) electrons. The van der Waals surface area contributed by atoms with Gasteiger partial charge in [-0.2, -0.15) is 0 Å². The minimum absolute atomic E-state index is 0.474. The molecular weight excluding hydrogens is 273 g/mol. The lowest BCUT2D eigenvalue weighted by molar-refractivity contribution is 0.493. The summed E-state index contributed by atoms with van der Waals surface area (Å²) in [6, 6.07) is 6.41. The van der Waals surface area contributed by atoms with E-state index in [2.05, 4.69) is 41.2 Å². The van der Waals surface area contributed by atoms with Gasteiger partial charge in [0.25, 0.3) is 0 Å². The first-order valence-corrected chi connectivity index (χ1v) is 6.40. The Kier molecular flexibility index (Phi) is 3.00. The van der Waals surface area contributed by atoms with E-state index in [9.17, 15) is 0 Å². The first-order chi connectivity index (χ1) is 7.03. The van der Waals surface area contributed by atoms with Gasteiger partial charge in [0.05, 0.1) is 15.2 Å². The predicted molar refractivity (Wildman–Crippen MR) is 69.6 cm³/mol. The van der Waals surface area contributed by atoms with Gasteiger partial charge in [0, 0.05) is 6.04 Å². The van der Waals surface area contributed by atoms with Crippen LogP contribution in [-0.4, -0.2) is 6.04 Å². The maximum Gasteiger partial charge on any atom is 0.0593 e. The molecule has 1 N–H and O–H groups in total. The zero-order valence-corrected chi connectivity index (χ0v) is 11.3. The van der Waals surface area contributed by atoms with Gasteiger partial charge in [-0.25, -0.2) is 0 Å². The predicted octanol–water partition coefficient (Wildman–Crippen LogP) is 4.70. The molecule has 1 nitrogen and oxygen atoms in total. The van der Waals surface area contributed by atoms with E-state index in [0.29, 0.717) is 11.5 Å². The number of hydrogen-bond donors (Lipinski definition) is 1. The second-order valence-corrected chi connectivity index (χ2v) is 5.82. The highest BCUT2D eigenvalue weighted by Crippen LogP contribution is 2.49. The van der Waals surface area contributed by atoms with E-state index in [1.807, 2.05) is 12.1 Å². The smallest absolute Gasteiger partial charge is 0.0593 e. The number of halogens is 2. The van der Waals surface area contributed by atoms with Crippen molar-refractivity contribution < 1.29 is 0 Å². The van der Waals surface area contributed by atoms with E-state index in [-0.39, 0.29) is 0 Å². The summed E-state index contributed by atoms with van der Waals surface area (Å²) >= 11 is 9.54. The quantitative estimate of drug-likeness (QED) is 0.850. The summed E-state index contributed by atoms with van der Waals surface area (Å²) in [5.41, 5.74) is 1.56. The fourth-order valence-corrected chi connectivity index (χ4v) is 2.21. The Labute approximate surface area is 104 Å². The van der Waals surface area contributed by atoms with Crippen LogP contribution < -0.4 is 5.32 Å². The van der Waals surface area contributed by atoms with Crippen molar-refractivity contribution in [3.05, 3.63) is 27.7 Å². The van der Waals surface area contributed by atoms with Crippen LogP contribution in [0, 0.1) is 5.41 Å². The molecule has 0 aliphatic heterocycles. The molecule has 0 heterocycles. The molecule has 3 heteroatoms. The van der Waals surface area contributed by atoms with Crippen molar-refractivity contribution in [1.29, 1.82) is 0 Å². The first-order valence-electron chi connectivity index (χ1n) is 5.23.